The van der Waals surface area contributed by atoms with Crippen LogP contribution in [-0.4, -0.2) is 9.13 Å². The number of aromatic nitrogens is 2. The second-order valence-electron chi connectivity index (χ2n) is 7.03. The zero-order valence-electron chi connectivity index (χ0n) is 13.5. The van der Waals surface area contributed by atoms with Crippen LogP contribution in [0.5, 0.6) is 0 Å². The lowest BCUT2D eigenvalue weighted by atomic mass is 10.0. The van der Waals surface area contributed by atoms with Gasteiger partial charge in [0, 0.05) is 24.8 Å². The Morgan fingerprint density at radius 1 is 1.13 bits per heavy atom. The average molecular weight is 307 g/mol. The molecular formula is C19H21N3O. The van der Waals surface area contributed by atoms with Crippen molar-refractivity contribution in [3.63, 3.8) is 0 Å². The number of para-hydroxylation sites is 1. The fourth-order valence-corrected chi connectivity index (χ4v) is 3.24. The molecule has 1 fully saturated rings. The smallest absolute Gasteiger partial charge is 0.328 e. The highest BCUT2D eigenvalue weighted by atomic mass is 16.1. The lowest BCUT2D eigenvalue weighted by molar-refractivity contribution is 0.460. The first-order chi connectivity index (χ1) is 11.0. The van der Waals surface area contributed by atoms with E-state index in [2.05, 4.69) is 19.1 Å². The fraction of sp³-hybridized carbons (Fsp3) is 0.316. The van der Waals surface area contributed by atoms with Gasteiger partial charge in [-0.3, -0.25) is 9.13 Å². The van der Waals surface area contributed by atoms with E-state index in [4.69, 9.17) is 5.73 Å². The molecule has 3 aromatic rings. The molecule has 0 bridgehead atoms. The molecule has 23 heavy (non-hydrogen) atoms. The summed E-state index contributed by atoms with van der Waals surface area (Å²) in [5.74, 6) is 0. The zero-order chi connectivity index (χ0) is 16.2. The largest absolute Gasteiger partial charge is 0.398 e. The monoisotopic (exact) mass is 307 g/mol. The first-order valence-electron chi connectivity index (χ1n) is 8.03. The minimum Gasteiger partial charge on any atom is -0.398 e. The van der Waals surface area contributed by atoms with Crippen molar-refractivity contribution in [1.82, 2.24) is 9.13 Å². The Balaban J connectivity index is 1.89. The molecule has 0 spiro atoms. The van der Waals surface area contributed by atoms with Crippen LogP contribution < -0.4 is 11.4 Å². The van der Waals surface area contributed by atoms with Gasteiger partial charge in [-0.25, -0.2) is 4.79 Å². The second kappa shape index (κ2) is 4.75. The van der Waals surface area contributed by atoms with Gasteiger partial charge in [-0.15, -0.1) is 0 Å². The minimum atomic E-state index is 0.0614. The number of aryl methyl sites for hydroxylation is 1. The number of nitrogens with zero attached hydrogens (tertiary/aromatic N) is 2. The highest BCUT2D eigenvalue weighted by Gasteiger charge is 2.38. The average Bonchev–Trinajstić information content (AvgIpc) is 3.24. The number of anilines is 1. The number of nitrogen functional groups attached to an aromatic ring is 1. The van der Waals surface area contributed by atoms with Crippen molar-refractivity contribution in [2.24, 2.45) is 12.5 Å². The van der Waals surface area contributed by atoms with Crippen LogP contribution >= 0.6 is 0 Å². The van der Waals surface area contributed by atoms with Crippen molar-refractivity contribution in [3.8, 4) is 11.1 Å². The van der Waals surface area contributed by atoms with Gasteiger partial charge in [0.2, 0.25) is 0 Å². The van der Waals surface area contributed by atoms with Crippen LogP contribution in [0.3, 0.4) is 0 Å². The number of imidazole rings is 1. The summed E-state index contributed by atoms with van der Waals surface area (Å²) < 4.78 is 3.66. The van der Waals surface area contributed by atoms with Crippen LogP contribution in [0, 0.1) is 5.41 Å². The van der Waals surface area contributed by atoms with Crippen molar-refractivity contribution in [2.45, 2.75) is 26.3 Å². The summed E-state index contributed by atoms with van der Waals surface area (Å²) >= 11 is 0. The maximum Gasteiger partial charge on any atom is 0.328 e. The summed E-state index contributed by atoms with van der Waals surface area (Å²) in [6.07, 6.45) is 2.41. The molecule has 1 saturated carbocycles. The number of benzene rings is 2. The Morgan fingerprint density at radius 3 is 2.57 bits per heavy atom. The summed E-state index contributed by atoms with van der Waals surface area (Å²) in [7, 11) is 1.84. The van der Waals surface area contributed by atoms with Crippen LogP contribution in [0.4, 0.5) is 5.69 Å². The molecular weight excluding hydrogens is 286 g/mol. The molecule has 4 rings (SSSR count). The van der Waals surface area contributed by atoms with Gasteiger partial charge in [-0.2, -0.15) is 0 Å². The highest BCUT2D eigenvalue weighted by Crippen LogP contribution is 2.46. The van der Waals surface area contributed by atoms with E-state index in [9.17, 15) is 4.79 Å². The number of nitrogens with two attached hydrogens (primary N) is 1. The summed E-state index contributed by atoms with van der Waals surface area (Å²) in [4.78, 5) is 12.6. The summed E-state index contributed by atoms with van der Waals surface area (Å²) in [5, 5.41) is 0. The van der Waals surface area contributed by atoms with Gasteiger partial charge in [0.05, 0.1) is 11.0 Å². The molecule has 2 aromatic carbocycles. The predicted octanol–water partition coefficient (Wildman–Crippen LogP) is 3.39. The lowest BCUT2D eigenvalue weighted by Crippen LogP contribution is -2.25. The summed E-state index contributed by atoms with van der Waals surface area (Å²) in [6, 6.07) is 14.0. The Labute approximate surface area is 135 Å². The van der Waals surface area contributed by atoms with Gasteiger partial charge in [0.15, 0.2) is 0 Å². The molecule has 1 aromatic heterocycles. The molecule has 118 valence electrons. The van der Waals surface area contributed by atoms with E-state index in [1.54, 1.807) is 4.57 Å². The summed E-state index contributed by atoms with van der Waals surface area (Å²) in [5.41, 5.74) is 11.2. The molecule has 1 aliphatic carbocycles. The van der Waals surface area contributed by atoms with Crippen LogP contribution in [0.2, 0.25) is 0 Å². The van der Waals surface area contributed by atoms with Gasteiger partial charge in [-0.1, -0.05) is 31.2 Å². The Hall–Kier alpha value is -2.49. The van der Waals surface area contributed by atoms with Crippen LogP contribution in [0.1, 0.15) is 19.8 Å². The fourth-order valence-electron chi connectivity index (χ4n) is 3.24. The highest BCUT2D eigenvalue weighted by molar-refractivity contribution is 5.86. The normalized spacial score (nSPS) is 15.9. The lowest BCUT2D eigenvalue weighted by Gasteiger charge is -2.10. The SMILES string of the molecule is Cn1c(=O)n(CC2(C)CC2)c2ccc(-c3ccccc3N)cc21. The third-order valence-corrected chi connectivity index (χ3v) is 5.06. The first-order valence-corrected chi connectivity index (χ1v) is 8.03. The third-order valence-electron chi connectivity index (χ3n) is 5.06. The minimum absolute atomic E-state index is 0.0614. The number of hydrogen-bond acceptors (Lipinski definition) is 2. The van der Waals surface area contributed by atoms with Crippen molar-refractivity contribution in [1.29, 1.82) is 0 Å². The molecule has 0 aliphatic heterocycles. The third kappa shape index (κ3) is 2.25. The van der Waals surface area contributed by atoms with Crippen molar-refractivity contribution in [3.05, 3.63) is 52.9 Å². The van der Waals surface area contributed by atoms with E-state index < -0.39 is 0 Å². The van der Waals surface area contributed by atoms with Crippen LogP contribution in [-0.2, 0) is 13.6 Å². The van der Waals surface area contributed by atoms with E-state index in [-0.39, 0.29) is 5.69 Å². The molecule has 0 atom stereocenters. The number of hydrogen-bond donors (Lipinski definition) is 1. The van der Waals surface area contributed by atoms with E-state index >= 15 is 0 Å². The Bertz CT molecular complexity index is 960. The molecule has 0 unspecified atom stereocenters. The molecule has 0 radical (unpaired) electrons. The number of rotatable bonds is 3. The molecule has 4 heteroatoms. The van der Waals surface area contributed by atoms with Gasteiger partial charge in [0.25, 0.3) is 0 Å². The topological polar surface area (TPSA) is 53.0 Å². The van der Waals surface area contributed by atoms with Gasteiger partial charge < -0.3 is 5.73 Å². The van der Waals surface area contributed by atoms with Crippen LogP contribution in [0.25, 0.3) is 22.2 Å². The van der Waals surface area contributed by atoms with Gasteiger partial charge >= 0.3 is 5.69 Å². The van der Waals surface area contributed by atoms with Crippen molar-refractivity contribution in [2.75, 3.05) is 5.73 Å². The molecule has 0 saturated heterocycles. The zero-order valence-corrected chi connectivity index (χ0v) is 13.5. The maximum absolute atomic E-state index is 12.6. The molecule has 0 amide bonds. The first kappa shape index (κ1) is 14.1. The molecule has 1 heterocycles. The van der Waals surface area contributed by atoms with Crippen molar-refractivity contribution < 1.29 is 0 Å². The number of fused-ring (bicyclic) bond motifs is 1. The molecule has 4 nitrogen and oxygen atoms in total. The summed E-state index contributed by atoms with van der Waals surface area (Å²) in [6.45, 7) is 3.05. The van der Waals surface area contributed by atoms with E-state index in [0.29, 0.717) is 5.41 Å². The van der Waals surface area contributed by atoms with Crippen LogP contribution in [0.15, 0.2) is 47.3 Å². The predicted molar refractivity (Wildman–Crippen MR) is 94.4 cm³/mol. The second-order valence-corrected chi connectivity index (χ2v) is 7.03. The van der Waals surface area contributed by atoms with Gasteiger partial charge in [-0.05, 0) is 42.0 Å². The van der Waals surface area contributed by atoms with E-state index in [1.165, 1.54) is 12.8 Å². The molecule has 1 aliphatic rings. The standard InChI is InChI=1S/C19H21N3O/c1-19(9-10-19)12-22-16-8-7-13(11-17(16)21(2)18(22)23)14-5-3-4-6-15(14)20/h3-8,11H,9-10,12,20H2,1-2H3. The maximum atomic E-state index is 12.6. The van der Waals surface area contributed by atoms with E-state index in [1.807, 2.05) is 41.9 Å². The van der Waals surface area contributed by atoms with E-state index in [0.717, 1.165) is 34.4 Å². The Morgan fingerprint density at radius 2 is 1.87 bits per heavy atom. The molecule has 2 N–H and O–H groups in total. The Kier molecular flexibility index (Phi) is 2.92. The van der Waals surface area contributed by atoms with Gasteiger partial charge in [0.1, 0.15) is 0 Å². The quantitative estimate of drug-likeness (QED) is 0.754. The van der Waals surface area contributed by atoms with Crippen molar-refractivity contribution >= 4 is 16.7 Å².